The average Bonchev–Trinajstić information content (AvgIpc) is 3.28. The van der Waals surface area contributed by atoms with Gasteiger partial charge in [0.05, 0.1) is 20.3 Å². The first-order valence-corrected chi connectivity index (χ1v) is 13.8. The van der Waals surface area contributed by atoms with Crippen LogP contribution < -0.4 is 20.1 Å². The molecule has 4 rings (SSSR count). The Balaban J connectivity index is 1.99. The molecule has 0 bridgehead atoms. The third-order valence-corrected chi connectivity index (χ3v) is 9.43. The predicted octanol–water partition coefficient (Wildman–Crippen LogP) is 6.89. The topological polar surface area (TPSA) is 21.7 Å². The summed E-state index contributed by atoms with van der Waals surface area (Å²) >= 11 is 0. The lowest BCUT2D eigenvalue weighted by Crippen LogP contribution is -2.23. The zero-order valence-electron chi connectivity index (χ0n) is 22.8. The van der Waals surface area contributed by atoms with Crippen LogP contribution in [0.5, 0.6) is 11.5 Å². The quantitative estimate of drug-likeness (QED) is 0.315. The van der Waals surface area contributed by atoms with Gasteiger partial charge in [-0.05, 0) is 130 Å². The number of rotatable bonds is 8. The van der Waals surface area contributed by atoms with E-state index in [-0.39, 0.29) is 6.04 Å². The molecule has 0 saturated heterocycles. The van der Waals surface area contributed by atoms with Crippen LogP contribution in [0.4, 0.5) is 0 Å². The van der Waals surface area contributed by atoms with Crippen molar-refractivity contribution in [2.24, 2.45) is 0 Å². The molecule has 0 heterocycles. The second kappa shape index (κ2) is 11.0. The van der Waals surface area contributed by atoms with Gasteiger partial charge in [-0.2, -0.15) is 0 Å². The molecule has 188 valence electrons. The van der Waals surface area contributed by atoms with E-state index < -0.39 is 7.92 Å². The summed E-state index contributed by atoms with van der Waals surface area (Å²) in [6, 6.07) is 20.4. The minimum Gasteiger partial charge on any atom is -0.496 e. The van der Waals surface area contributed by atoms with E-state index in [1.165, 1.54) is 49.3 Å². The Morgan fingerprint density at radius 2 is 1.22 bits per heavy atom. The molecule has 36 heavy (non-hydrogen) atoms. The van der Waals surface area contributed by atoms with Gasteiger partial charge in [0.1, 0.15) is 11.5 Å². The van der Waals surface area contributed by atoms with Crippen LogP contribution in [-0.4, -0.2) is 33.2 Å². The summed E-state index contributed by atoms with van der Waals surface area (Å²) in [6.07, 6.45) is 5.68. The fraction of sp³-hybridized carbons (Fsp3) is 0.312. The van der Waals surface area contributed by atoms with E-state index in [0.29, 0.717) is 0 Å². The molecule has 3 aromatic rings. The number of hydrogen-bond donors (Lipinski definition) is 0. The van der Waals surface area contributed by atoms with E-state index in [1.54, 1.807) is 14.2 Å². The number of likely N-dealkylation sites (N-methyl/N-ethyl adjacent to an activating group) is 1. The lowest BCUT2D eigenvalue weighted by molar-refractivity contribution is 0.334. The molecule has 1 atom stereocenters. The molecule has 3 aromatic carbocycles. The molecule has 4 heteroatoms. The van der Waals surface area contributed by atoms with Gasteiger partial charge in [-0.15, -0.1) is 0 Å². The average molecular weight is 500 g/mol. The van der Waals surface area contributed by atoms with Crippen molar-refractivity contribution in [3.63, 3.8) is 0 Å². The van der Waals surface area contributed by atoms with Crippen molar-refractivity contribution in [1.82, 2.24) is 4.90 Å². The molecular weight excluding hydrogens is 461 g/mol. The summed E-state index contributed by atoms with van der Waals surface area (Å²) in [7, 11) is 7.11. The first-order chi connectivity index (χ1) is 17.3. The Morgan fingerprint density at radius 1 is 0.750 bits per heavy atom. The summed E-state index contributed by atoms with van der Waals surface area (Å²) in [5, 5.41) is 4.16. The van der Waals surface area contributed by atoms with Crippen LogP contribution in [-0.2, 0) is 0 Å². The molecule has 0 spiro atoms. The molecule has 3 nitrogen and oxygen atoms in total. The Kier molecular flexibility index (Phi) is 8.03. The van der Waals surface area contributed by atoms with Gasteiger partial charge in [0.2, 0.25) is 0 Å². The second-order valence-electron chi connectivity index (χ2n) is 9.85. The summed E-state index contributed by atoms with van der Waals surface area (Å²) in [4.78, 5) is 2.35. The van der Waals surface area contributed by atoms with E-state index >= 15 is 0 Å². The largest absolute Gasteiger partial charge is 0.496 e. The Labute approximate surface area is 218 Å². The van der Waals surface area contributed by atoms with Crippen molar-refractivity contribution in [3.8, 4) is 11.5 Å². The van der Waals surface area contributed by atoms with Crippen LogP contribution in [0.1, 0.15) is 40.3 Å². The Bertz CT molecular complexity index is 1200. The van der Waals surface area contributed by atoms with E-state index in [9.17, 15) is 0 Å². The van der Waals surface area contributed by atoms with Crippen LogP contribution in [0.15, 0.2) is 77.6 Å². The highest BCUT2D eigenvalue weighted by Gasteiger charge is 2.30. The molecule has 0 amide bonds. The fourth-order valence-corrected chi connectivity index (χ4v) is 8.51. The van der Waals surface area contributed by atoms with Crippen LogP contribution in [0.3, 0.4) is 0 Å². The first kappa shape index (κ1) is 26.2. The number of methoxy groups -OCH3 is 2. The van der Waals surface area contributed by atoms with Gasteiger partial charge in [0.15, 0.2) is 0 Å². The molecule has 0 aliphatic heterocycles. The highest BCUT2D eigenvalue weighted by molar-refractivity contribution is 7.77. The van der Waals surface area contributed by atoms with Gasteiger partial charge >= 0.3 is 0 Å². The highest BCUT2D eigenvalue weighted by Crippen LogP contribution is 2.52. The SMILES string of the molecule is COc1c(C)cc(P(C2=C([C@@H](c3ccccc3)N(C)C)CC=C2)c2cc(C)c(OC)c(C)c2)cc1C. The van der Waals surface area contributed by atoms with E-state index in [4.69, 9.17) is 9.47 Å². The van der Waals surface area contributed by atoms with E-state index in [2.05, 4.69) is 113 Å². The second-order valence-corrected chi connectivity index (χ2v) is 12.0. The van der Waals surface area contributed by atoms with Crippen molar-refractivity contribution in [2.75, 3.05) is 28.3 Å². The van der Waals surface area contributed by atoms with Gasteiger partial charge in [-0.3, -0.25) is 4.90 Å². The molecule has 0 fully saturated rings. The molecule has 1 aliphatic carbocycles. The van der Waals surface area contributed by atoms with Gasteiger partial charge < -0.3 is 9.47 Å². The normalized spacial score (nSPS) is 14.2. The van der Waals surface area contributed by atoms with Gasteiger partial charge in [-0.25, -0.2) is 0 Å². The molecule has 0 aromatic heterocycles. The van der Waals surface area contributed by atoms with E-state index in [1.807, 2.05) is 0 Å². The van der Waals surface area contributed by atoms with Gasteiger partial charge in [0, 0.05) is 0 Å². The molecule has 0 saturated carbocycles. The molecular formula is C32H38NO2P. The third-order valence-electron chi connectivity index (χ3n) is 6.96. The number of benzene rings is 3. The lowest BCUT2D eigenvalue weighted by atomic mass is 9.97. The maximum atomic E-state index is 5.72. The smallest absolute Gasteiger partial charge is 0.124 e. The van der Waals surface area contributed by atoms with Crippen LogP contribution in [0.25, 0.3) is 0 Å². The fourth-order valence-electron chi connectivity index (χ4n) is 5.61. The standard InChI is InChI=1S/C32H38NO2P/c1-21-17-26(18-22(2)31(21)34-7)36(27-19-23(3)32(35-8)24(4)20-27)29-16-12-15-28(29)30(33(5)6)25-13-10-9-11-14-25/h9-14,16-20,30H,15H2,1-8H3/t30-/m1/s1. The zero-order valence-corrected chi connectivity index (χ0v) is 23.7. The third kappa shape index (κ3) is 5.01. The zero-order chi connectivity index (χ0) is 26.0. The van der Waals surface area contributed by atoms with Crippen LogP contribution in [0, 0.1) is 27.7 Å². The van der Waals surface area contributed by atoms with Gasteiger partial charge in [0.25, 0.3) is 0 Å². The number of nitrogens with zero attached hydrogens (tertiary/aromatic N) is 1. The number of hydrogen-bond acceptors (Lipinski definition) is 3. The molecule has 0 radical (unpaired) electrons. The number of ether oxygens (including phenoxy) is 2. The minimum atomic E-state index is -0.783. The Hall–Kier alpha value is -2.87. The molecule has 0 N–H and O–H groups in total. The van der Waals surface area contributed by atoms with Crippen molar-refractivity contribution < 1.29 is 9.47 Å². The van der Waals surface area contributed by atoms with Crippen molar-refractivity contribution in [1.29, 1.82) is 0 Å². The number of aryl methyl sites for hydroxylation is 4. The van der Waals surface area contributed by atoms with Crippen LogP contribution in [0.2, 0.25) is 0 Å². The highest BCUT2D eigenvalue weighted by atomic mass is 31.1. The summed E-state index contributed by atoms with van der Waals surface area (Å²) in [6.45, 7) is 8.61. The minimum absolute atomic E-state index is 0.224. The monoisotopic (exact) mass is 499 g/mol. The number of allylic oxidation sites excluding steroid dienone is 3. The molecule has 0 unspecified atom stereocenters. The maximum absolute atomic E-state index is 5.72. The predicted molar refractivity (Wildman–Crippen MR) is 155 cm³/mol. The van der Waals surface area contributed by atoms with Gasteiger partial charge in [-0.1, -0.05) is 42.5 Å². The molecule has 1 aliphatic rings. The lowest BCUT2D eigenvalue weighted by Gasteiger charge is -2.31. The Morgan fingerprint density at radius 3 is 1.64 bits per heavy atom. The summed E-state index contributed by atoms with van der Waals surface area (Å²) in [5.74, 6) is 1.95. The maximum Gasteiger partial charge on any atom is 0.124 e. The van der Waals surface area contributed by atoms with Crippen molar-refractivity contribution >= 4 is 18.5 Å². The van der Waals surface area contributed by atoms with Crippen molar-refractivity contribution in [2.45, 2.75) is 40.2 Å². The van der Waals surface area contributed by atoms with Crippen LogP contribution >= 0.6 is 7.92 Å². The summed E-state index contributed by atoms with van der Waals surface area (Å²) in [5.41, 5.74) is 7.53. The first-order valence-electron chi connectivity index (χ1n) is 12.5. The van der Waals surface area contributed by atoms with E-state index in [0.717, 1.165) is 17.9 Å². The summed E-state index contributed by atoms with van der Waals surface area (Å²) < 4.78 is 11.4. The van der Waals surface area contributed by atoms with Crippen molar-refractivity contribution in [3.05, 3.63) is 105 Å².